The van der Waals surface area contributed by atoms with E-state index in [1.54, 1.807) is 0 Å². The average molecular weight is 317 g/mol. The van der Waals surface area contributed by atoms with E-state index >= 15 is 0 Å². The number of carbonyl (C=O) groups excluding carboxylic acids is 1. The Labute approximate surface area is 138 Å². The zero-order chi connectivity index (χ0) is 15.9. The Balaban J connectivity index is 1.39. The lowest BCUT2D eigenvalue weighted by Crippen LogP contribution is -2.44. The summed E-state index contributed by atoms with van der Waals surface area (Å²) in [6.07, 6.45) is 5.47. The molecule has 0 amide bonds. The molecule has 1 aromatic rings. The van der Waals surface area contributed by atoms with Gasteiger partial charge in [-0.2, -0.15) is 0 Å². The first kappa shape index (κ1) is 16.5. The number of hydrogen-bond donors (Lipinski definition) is 0. The highest BCUT2D eigenvalue weighted by Crippen LogP contribution is 2.27. The molecule has 4 heteroatoms. The fraction of sp³-hybridized carbons (Fsp3) is 0.632. The van der Waals surface area contributed by atoms with Crippen LogP contribution in [0.15, 0.2) is 30.3 Å². The normalized spacial score (nSPS) is 23.0. The quantitative estimate of drug-likeness (QED) is 0.756. The minimum Gasteiger partial charge on any atom is -0.463 e. The van der Waals surface area contributed by atoms with Gasteiger partial charge in [-0.05, 0) is 24.3 Å². The number of esters is 1. The summed E-state index contributed by atoms with van der Waals surface area (Å²) >= 11 is 0. The van der Waals surface area contributed by atoms with Gasteiger partial charge >= 0.3 is 5.97 Å². The van der Waals surface area contributed by atoms with Crippen molar-refractivity contribution >= 4 is 5.97 Å². The van der Waals surface area contributed by atoms with Crippen molar-refractivity contribution in [2.45, 2.75) is 44.8 Å². The van der Waals surface area contributed by atoms with Crippen LogP contribution in [0.5, 0.6) is 0 Å². The van der Waals surface area contributed by atoms with E-state index in [1.165, 1.54) is 31.2 Å². The number of nitrogens with zero attached hydrogens (tertiary/aromatic N) is 1. The van der Waals surface area contributed by atoms with Crippen molar-refractivity contribution in [3.05, 3.63) is 35.9 Å². The Bertz CT molecular complexity index is 485. The summed E-state index contributed by atoms with van der Waals surface area (Å²) in [5, 5.41) is 0. The van der Waals surface area contributed by atoms with Crippen LogP contribution in [0.1, 0.15) is 37.7 Å². The molecule has 1 saturated heterocycles. The number of benzene rings is 1. The van der Waals surface area contributed by atoms with Crippen molar-refractivity contribution in [3.8, 4) is 0 Å². The van der Waals surface area contributed by atoms with E-state index in [0.717, 1.165) is 19.6 Å². The minimum atomic E-state index is -0.0549. The second-order valence-electron chi connectivity index (χ2n) is 6.75. The van der Waals surface area contributed by atoms with Crippen LogP contribution in [0.4, 0.5) is 0 Å². The third-order valence-corrected chi connectivity index (χ3v) is 4.83. The molecule has 2 fully saturated rings. The lowest BCUT2D eigenvalue weighted by Gasteiger charge is -2.32. The van der Waals surface area contributed by atoms with Crippen LogP contribution < -0.4 is 0 Å². The SMILES string of the molecule is O=C(CC1CCCC1)OCC1CN(Cc2ccccc2)CCO1. The molecule has 1 atom stereocenters. The fourth-order valence-corrected chi connectivity index (χ4v) is 3.56. The van der Waals surface area contributed by atoms with E-state index in [9.17, 15) is 4.79 Å². The zero-order valence-corrected chi connectivity index (χ0v) is 13.8. The first-order valence-corrected chi connectivity index (χ1v) is 8.83. The highest BCUT2D eigenvalue weighted by Gasteiger charge is 2.23. The van der Waals surface area contributed by atoms with Gasteiger partial charge in [0.2, 0.25) is 0 Å². The van der Waals surface area contributed by atoms with Gasteiger partial charge in [-0.15, -0.1) is 0 Å². The largest absolute Gasteiger partial charge is 0.463 e. The second kappa shape index (κ2) is 8.46. The first-order chi connectivity index (χ1) is 11.3. The molecule has 1 aliphatic carbocycles. The standard InChI is InChI=1S/C19H27NO3/c21-19(12-16-6-4-5-7-16)23-15-18-14-20(10-11-22-18)13-17-8-2-1-3-9-17/h1-3,8-9,16,18H,4-7,10-15H2. The smallest absolute Gasteiger partial charge is 0.306 e. The average Bonchev–Trinajstić information content (AvgIpc) is 3.07. The maximum atomic E-state index is 11.9. The van der Waals surface area contributed by atoms with Crippen molar-refractivity contribution < 1.29 is 14.3 Å². The molecule has 1 aromatic carbocycles. The lowest BCUT2D eigenvalue weighted by atomic mass is 10.0. The zero-order valence-electron chi connectivity index (χ0n) is 13.8. The molecule has 1 unspecified atom stereocenters. The Kier molecular flexibility index (Phi) is 6.06. The van der Waals surface area contributed by atoms with Crippen LogP contribution >= 0.6 is 0 Å². The topological polar surface area (TPSA) is 38.8 Å². The fourth-order valence-electron chi connectivity index (χ4n) is 3.56. The third-order valence-electron chi connectivity index (χ3n) is 4.83. The first-order valence-electron chi connectivity index (χ1n) is 8.83. The summed E-state index contributed by atoms with van der Waals surface area (Å²) in [4.78, 5) is 14.3. The highest BCUT2D eigenvalue weighted by atomic mass is 16.6. The molecular formula is C19H27NO3. The summed E-state index contributed by atoms with van der Waals surface area (Å²) in [6, 6.07) is 10.5. The summed E-state index contributed by atoms with van der Waals surface area (Å²) in [5.41, 5.74) is 1.31. The van der Waals surface area contributed by atoms with Gasteiger partial charge in [-0.3, -0.25) is 9.69 Å². The van der Waals surface area contributed by atoms with Gasteiger partial charge < -0.3 is 9.47 Å². The Morgan fingerprint density at radius 3 is 2.78 bits per heavy atom. The predicted molar refractivity (Wildman–Crippen MR) is 89.0 cm³/mol. The van der Waals surface area contributed by atoms with Gasteiger partial charge in [0.15, 0.2) is 0 Å². The molecule has 126 valence electrons. The number of carbonyl (C=O) groups is 1. The summed E-state index contributed by atoms with van der Waals surface area (Å²) in [5.74, 6) is 0.491. The maximum absolute atomic E-state index is 11.9. The predicted octanol–water partition coefficient (Wildman–Crippen LogP) is 3.01. The molecule has 0 spiro atoms. The molecule has 1 aliphatic heterocycles. The van der Waals surface area contributed by atoms with Crippen molar-refractivity contribution in [2.75, 3.05) is 26.3 Å². The molecule has 3 rings (SSSR count). The van der Waals surface area contributed by atoms with Crippen molar-refractivity contribution in [2.24, 2.45) is 5.92 Å². The van der Waals surface area contributed by atoms with Crippen molar-refractivity contribution in [3.63, 3.8) is 0 Å². The second-order valence-corrected chi connectivity index (χ2v) is 6.75. The molecule has 23 heavy (non-hydrogen) atoms. The maximum Gasteiger partial charge on any atom is 0.306 e. The van der Waals surface area contributed by atoms with E-state index in [4.69, 9.17) is 9.47 Å². The molecule has 0 aromatic heterocycles. The Morgan fingerprint density at radius 2 is 2.00 bits per heavy atom. The Hall–Kier alpha value is -1.39. The highest BCUT2D eigenvalue weighted by molar-refractivity contribution is 5.69. The summed E-state index contributed by atoms with van der Waals surface area (Å²) < 4.78 is 11.2. The molecule has 0 bridgehead atoms. The van der Waals surface area contributed by atoms with Crippen LogP contribution in [0.25, 0.3) is 0 Å². The molecular weight excluding hydrogens is 290 g/mol. The Morgan fingerprint density at radius 1 is 1.22 bits per heavy atom. The molecule has 2 aliphatic rings. The van der Waals surface area contributed by atoms with E-state index in [1.807, 2.05) is 6.07 Å². The van der Waals surface area contributed by atoms with Crippen LogP contribution in [0.2, 0.25) is 0 Å². The third kappa shape index (κ3) is 5.33. The van der Waals surface area contributed by atoms with E-state index in [0.29, 0.717) is 25.6 Å². The molecule has 1 heterocycles. The monoisotopic (exact) mass is 317 g/mol. The van der Waals surface area contributed by atoms with Crippen LogP contribution in [-0.2, 0) is 20.8 Å². The van der Waals surface area contributed by atoms with Gasteiger partial charge in [0, 0.05) is 26.1 Å². The number of morpholine rings is 1. The molecule has 1 saturated carbocycles. The van der Waals surface area contributed by atoms with E-state index in [2.05, 4.69) is 29.2 Å². The summed E-state index contributed by atoms with van der Waals surface area (Å²) in [6.45, 7) is 3.78. The van der Waals surface area contributed by atoms with Crippen LogP contribution in [0, 0.1) is 5.92 Å². The van der Waals surface area contributed by atoms with Gasteiger partial charge in [-0.25, -0.2) is 0 Å². The molecule has 0 N–H and O–H groups in total. The van der Waals surface area contributed by atoms with E-state index < -0.39 is 0 Å². The van der Waals surface area contributed by atoms with Gasteiger partial charge in [0.25, 0.3) is 0 Å². The van der Waals surface area contributed by atoms with Crippen LogP contribution in [-0.4, -0.2) is 43.3 Å². The summed E-state index contributed by atoms with van der Waals surface area (Å²) in [7, 11) is 0. The lowest BCUT2D eigenvalue weighted by molar-refractivity contribution is -0.151. The van der Waals surface area contributed by atoms with Gasteiger partial charge in [0.1, 0.15) is 12.7 Å². The number of rotatable bonds is 6. The van der Waals surface area contributed by atoms with E-state index in [-0.39, 0.29) is 12.1 Å². The van der Waals surface area contributed by atoms with Crippen LogP contribution in [0.3, 0.4) is 0 Å². The van der Waals surface area contributed by atoms with Crippen molar-refractivity contribution in [1.82, 2.24) is 4.90 Å². The van der Waals surface area contributed by atoms with Gasteiger partial charge in [0.05, 0.1) is 6.61 Å². The minimum absolute atomic E-state index is 0.00000898. The van der Waals surface area contributed by atoms with Crippen molar-refractivity contribution in [1.29, 1.82) is 0 Å². The number of hydrogen-bond acceptors (Lipinski definition) is 4. The number of ether oxygens (including phenoxy) is 2. The molecule has 4 nitrogen and oxygen atoms in total. The van der Waals surface area contributed by atoms with Gasteiger partial charge in [-0.1, -0.05) is 43.2 Å². The molecule has 0 radical (unpaired) electrons.